The van der Waals surface area contributed by atoms with Crippen molar-refractivity contribution in [3.63, 3.8) is 0 Å². The normalized spacial score (nSPS) is 14.1. The molecule has 19 heavy (non-hydrogen) atoms. The number of nitrogens with zero attached hydrogens (tertiary/aromatic N) is 2. The Balaban J connectivity index is 2.01. The van der Waals surface area contributed by atoms with E-state index in [0.717, 1.165) is 5.75 Å². The average molecular weight is 259 g/mol. The van der Waals surface area contributed by atoms with Gasteiger partial charge in [0.15, 0.2) is 0 Å². The summed E-state index contributed by atoms with van der Waals surface area (Å²) < 4.78 is 7.00. The second-order valence-electron chi connectivity index (χ2n) is 4.83. The number of nitrogens with one attached hydrogen (secondary N) is 1. The van der Waals surface area contributed by atoms with Gasteiger partial charge in [0.25, 0.3) is 0 Å². The lowest BCUT2D eigenvalue weighted by molar-refractivity contribution is 0.414. The van der Waals surface area contributed by atoms with Gasteiger partial charge in [-0.05, 0) is 31.5 Å². The molecule has 2 atom stereocenters. The van der Waals surface area contributed by atoms with E-state index in [0.29, 0.717) is 0 Å². The number of aromatic nitrogens is 2. The van der Waals surface area contributed by atoms with E-state index in [9.17, 15) is 0 Å². The van der Waals surface area contributed by atoms with Crippen LogP contribution < -0.4 is 10.1 Å². The Kier molecular flexibility index (Phi) is 4.22. The summed E-state index contributed by atoms with van der Waals surface area (Å²) in [5.41, 5.74) is 2.44. The Bertz CT molecular complexity index is 518. The van der Waals surface area contributed by atoms with Gasteiger partial charge in [0, 0.05) is 30.9 Å². The third kappa shape index (κ3) is 3.35. The van der Waals surface area contributed by atoms with Gasteiger partial charge in [-0.1, -0.05) is 12.1 Å². The van der Waals surface area contributed by atoms with Crippen LogP contribution in [0.3, 0.4) is 0 Å². The molecule has 0 fully saturated rings. The predicted octanol–water partition coefficient (Wildman–Crippen LogP) is 2.84. The lowest BCUT2D eigenvalue weighted by atomic mass is 10.1. The molecule has 1 aromatic carbocycles. The first-order valence-electron chi connectivity index (χ1n) is 6.48. The molecule has 0 spiro atoms. The molecule has 0 saturated heterocycles. The van der Waals surface area contributed by atoms with Gasteiger partial charge >= 0.3 is 0 Å². The summed E-state index contributed by atoms with van der Waals surface area (Å²) >= 11 is 0. The zero-order valence-electron chi connectivity index (χ0n) is 11.9. The lowest BCUT2D eigenvalue weighted by Gasteiger charge is -2.19. The summed E-state index contributed by atoms with van der Waals surface area (Å²) in [6, 6.07) is 8.70. The molecule has 2 rings (SSSR count). The average Bonchev–Trinajstić information content (AvgIpc) is 2.85. The second-order valence-corrected chi connectivity index (χ2v) is 4.83. The first-order chi connectivity index (χ1) is 9.10. The van der Waals surface area contributed by atoms with E-state index in [1.54, 1.807) is 7.11 Å². The van der Waals surface area contributed by atoms with Crippen LogP contribution in [-0.4, -0.2) is 16.9 Å². The predicted molar refractivity (Wildman–Crippen MR) is 76.2 cm³/mol. The maximum Gasteiger partial charge on any atom is 0.118 e. The molecular weight excluding hydrogens is 238 g/mol. The second kappa shape index (κ2) is 5.89. The fraction of sp³-hybridized carbons (Fsp3) is 0.400. The molecule has 0 saturated carbocycles. The maximum atomic E-state index is 5.17. The number of methoxy groups -OCH3 is 1. The Morgan fingerprint density at radius 1 is 1.11 bits per heavy atom. The molecule has 1 heterocycles. The van der Waals surface area contributed by atoms with Gasteiger partial charge in [-0.15, -0.1) is 0 Å². The molecule has 0 aliphatic carbocycles. The SMILES string of the molecule is COc1ccc(C(C)NC(C)c2cnn(C)c2)cc1. The number of benzene rings is 1. The standard InChI is InChI=1S/C15H21N3O/c1-11(13-5-7-15(19-4)8-6-13)17-12(2)14-9-16-18(3)10-14/h5-12,17H,1-4H3. The minimum Gasteiger partial charge on any atom is -0.497 e. The van der Waals surface area contributed by atoms with Crippen LogP contribution in [0.15, 0.2) is 36.7 Å². The molecular formula is C15H21N3O. The van der Waals surface area contributed by atoms with Crippen LogP contribution in [0.2, 0.25) is 0 Å². The smallest absolute Gasteiger partial charge is 0.118 e. The minimum absolute atomic E-state index is 0.269. The number of hydrogen-bond donors (Lipinski definition) is 1. The van der Waals surface area contributed by atoms with E-state index in [1.165, 1.54) is 11.1 Å². The molecule has 1 N–H and O–H groups in total. The van der Waals surface area contributed by atoms with Gasteiger partial charge in [0.1, 0.15) is 5.75 Å². The molecule has 0 aliphatic heterocycles. The molecule has 4 nitrogen and oxygen atoms in total. The zero-order chi connectivity index (χ0) is 13.8. The molecule has 4 heteroatoms. The highest BCUT2D eigenvalue weighted by atomic mass is 16.5. The van der Waals surface area contributed by atoms with Crippen molar-refractivity contribution in [2.24, 2.45) is 7.05 Å². The summed E-state index contributed by atoms with van der Waals surface area (Å²) in [6.45, 7) is 4.31. The van der Waals surface area contributed by atoms with Gasteiger partial charge in [0.05, 0.1) is 13.3 Å². The van der Waals surface area contributed by atoms with Crippen LogP contribution in [-0.2, 0) is 7.05 Å². The summed E-state index contributed by atoms with van der Waals surface area (Å²) in [5.74, 6) is 0.885. The van der Waals surface area contributed by atoms with Crippen LogP contribution in [0, 0.1) is 0 Å². The highest BCUT2D eigenvalue weighted by Gasteiger charge is 2.12. The molecule has 2 aromatic rings. The van der Waals surface area contributed by atoms with Gasteiger partial charge < -0.3 is 10.1 Å². The minimum atomic E-state index is 0.269. The Hall–Kier alpha value is -1.81. The van der Waals surface area contributed by atoms with E-state index in [4.69, 9.17) is 4.74 Å². The summed E-state index contributed by atoms with van der Waals surface area (Å²) in [5, 5.41) is 7.77. The number of aryl methyl sites for hydroxylation is 1. The molecule has 2 unspecified atom stereocenters. The monoisotopic (exact) mass is 259 g/mol. The first kappa shape index (κ1) is 13.6. The van der Waals surface area contributed by atoms with Crippen molar-refractivity contribution in [2.45, 2.75) is 25.9 Å². The van der Waals surface area contributed by atoms with Crippen LogP contribution in [0.25, 0.3) is 0 Å². The lowest BCUT2D eigenvalue weighted by Crippen LogP contribution is -2.22. The summed E-state index contributed by atoms with van der Waals surface area (Å²) in [6.07, 6.45) is 3.94. The van der Waals surface area contributed by atoms with Gasteiger partial charge in [-0.25, -0.2) is 0 Å². The van der Waals surface area contributed by atoms with Crippen molar-refractivity contribution in [1.29, 1.82) is 0 Å². The van der Waals surface area contributed by atoms with Gasteiger partial charge in [-0.3, -0.25) is 4.68 Å². The van der Waals surface area contributed by atoms with Gasteiger partial charge in [-0.2, -0.15) is 5.10 Å². The fourth-order valence-electron chi connectivity index (χ4n) is 2.12. The molecule has 0 bridgehead atoms. The Morgan fingerprint density at radius 3 is 2.26 bits per heavy atom. The molecule has 0 aliphatic rings. The van der Waals surface area contributed by atoms with Crippen LogP contribution in [0.5, 0.6) is 5.75 Å². The highest BCUT2D eigenvalue weighted by molar-refractivity contribution is 5.29. The Morgan fingerprint density at radius 2 is 1.74 bits per heavy atom. The Labute approximate surface area is 114 Å². The van der Waals surface area contributed by atoms with Crippen molar-refractivity contribution >= 4 is 0 Å². The topological polar surface area (TPSA) is 39.1 Å². The molecule has 0 radical (unpaired) electrons. The van der Waals surface area contributed by atoms with Crippen molar-refractivity contribution in [3.8, 4) is 5.75 Å². The van der Waals surface area contributed by atoms with E-state index >= 15 is 0 Å². The molecule has 1 aromatic heterocycles. The van der Waals surface area contributed by atoms with Crippen LogP contribution in [0.1, 0.15) is 37.1 Å². The molecule has 0 amide bonds. The van der Waals surface area contributed by atoms with E-state index in [2.05, 4.69) is 36.4 Å². The third-order valence-electron chi connectivity index (χ3n) is 3.34. The van der Waals surface area contributed by atoms with E-state index in [1.807, 2.05) is 36.3 Å². The summed E-state index contributed by atoms with van der Waals surface area (Å²) in [4.78, 5) is 0. The number of hydrogen-bond acceptors (Lipinski definition) is 3. The fourth-order valence-corrected chi connectivity index (χ4v) is 2.12. The van der Waals surface area contributed by atoms with E-state index < -0.39 is 0 Å². The largest absolute Gasteiger partial charge is 0.497 e. The van der Waals surface area contributed by atoms with E-state index in [-0.39, 0.29) is 12.1 Å². The highest BCUT2D eigenvalue weighted by Crippen LogP contribution is 2.21. The van der Waals surface area contributed by atoms with Crippen LogP contribution in [0.4, 0.5) is 0 Å². The van der Waals surface area contributed by atoms with Crippen LogP contribution >= 0.6 is 0 Å². The number of ether oxygens (including phenoxy) is 1. The summed E-state index contributed by atoms with van der Waals surface area (Å²) in [7, 11) is 3.62. The van der Waals surface area contributed by atoms with Crippen molar-refractivity contribution in [1.82, 2.24) is 15.1 Å². The first-order valence-corrected chi connectivity index (χ1v) is 6.48. The third-order valence-corrected chi connectivity index (χ3v) is 3.34. The maximum absolute atomic E-state index is 5.17. The number of rotatable bonds is 5. The van der Waals surface area contributed by atoms with Gasteiger partial charge in [0.2, 0.25) is 0 Å². The zero-order valence-corrected chi connectivity index (χ0v) is 11.9. The van der Waals surface area contributed by atoms with Crippen molar-refractivity contribution in [2.75, 3.05) is 7.11 Å². The molecule has 102 valence electrons. The van der Waals surface area contributed by atoms with Crippen molar-refractivity contribution < 1.29 is 4.74 Å². The van der Waals surface area contributed by atoms with Crippen molar-refractivity contribution in [3.05, 3.63) is 47.8 Å². The quantitative estimate of drug-likeness (QED) is 0.897.